The van der Waals surface area contributed by atoms with Gasteiger partial charge in [-0.1, -0.05) is 12.1 Å². The Labute approximate surface area is 144 Å². The van der Waals surface area contributed by atoms with Gasteiger partial charge in [0.1, 0.15) is 16.2 Å². The van der Waals surface area contributed by atoms with Crippen molar-refractivity contribution in [1.82, 2.24) is 10.3 Å². The Hall–Kier alpha value is -2.45. The molecular formula is C17H16FN3O3S. The largest absolute Gasteiger partial charge is 0.423 e. The van der Waals surface area contributed by atoms with Crippen molar-refractivity contribution in [3.8, 4) is 0 Å². The molecule has 4 rings (SSSR count). The van der Waals surface area contributed by atoms with E-state index in [1.165, 1.54) is 24.3 Å². The molecule has 0 saturated carbocycles. The van der Waals surface area contributed by atoms with Gasteiger partial charge in [-0.2, -0.15) is 4.98 Å². The molecular weight excluding hydrogens is 345 g/mol. The number of piperazine rings is 1. The summed E-state index contributed by atoms with van der Waals surface area (Å²) in [4.78, 5) is 6.29. The van der Waals surface area contributed by atoms with Crippen molar-refractivity contribution >= 4 is 27.0 Å². The molecule has 0 aliphatic carbocycles. The highest BCUT2D eigenvalue weighted by atomic mass is 32.2. The van der Waals surface area contributed by atoms with Gasteiger partial charge in [0.2, 0.25) is 9.84 Å². The molecule has 130 valence electrons. The van der Waals surface area contributed by atoms with Crippen LogP contribution in [0.5, 0.6) is 0 Å². The fourth-order valence-electron chi connectivity index (χ4n) is 2.88. The lowest BCUT2D eigenvalue weighted by Gasteiger charge is -2.25. The number of fused-ring (bicyclic) bond motifs is 1. The standard InChI is InChI=1S/C17H16FN3O3S/c18-12-3-1-4-13(11-12)25(22,23)15-6-2-5-14-16(15)20-17(24-14)21-9-7-19-8-10-21/h1-6,11,19H,7-10H2. The van der Waals surface area contributed by atoms with E-state index < -0.39 is 15.7 Å². The Morgan fingerprint density at radius 3 is 2.64 bits per heavy atom. The summed E-state index contributed by atoms with van der Waals surface area (Å²) < 4.78 is 45.0. The fraction of sp³-hybridized carbons (Fsp3) is 0.235. The zero-order valence-electron chi connectivity index (χ0n) is 13.3. The van der Waals surface area contributed by atoms with Crippen LogP contribution >= 0.6 is 0 Å². The van der Waals surface area contributed by atoms with E-state index >= 15 is 0 Å². The van der Waals surface area contributed by atoms with Gasteiger partial charge in [0.15, 0.2) is 5.58 Å². The second-order valence-corrected chi connectivity index (χ2v) is 7.72. The molecule has 8 heteroatoms. The van der Waals surface area contributed by atoms with E-state index in [4.69, 9.17) is 4.42 Å². The third-order valence-electron chi connectivity index (χ3n) is 4.15. The van der Waals surface area contributed by atoms with E-state index in [0.29, 0.717) is 11.6 Å². The number of anilines is 1. The monoisotopic (exact) mass is 361 g/mol. The number of sulfone groups is 1. The molecule has 1 N–H and O–H groups in total. The summed E-state index contributed by atoms with van der Waals surface area (Å²) in [6, 6.07) is 10.1. The van der Waals surface area contributed by atoms with E-state index in [1.807, 2.05) is 4.90 Å². The number of rotatable bonds is 3. The summed E-state index contributed by atoms with van der Waals surface area (Å²) >= 11 is 0. The molecule has 0 unspecified atom stereocenters. The number of halogens is 1. The van der Waals surface area contributed by atoms with Crippen molar-refractivity contribution in [3.63, 3.8) is 0 Å². The van der Waals surface area contributed by atoms with Gasteiger partial charge in [-0.05, 0) is 30.3 Å². The predicted octanol–water partition coefficient (Wildman–Crippen LogP) is 2.21. The first-order valence-electron chi connectivity index (χ1n) is 7.91. The third kappa shape index (κ3) is 2.87. The van der Waals surface area contributed by atoms with Crippen LogP contribution in [0.2, 0.25) is 0 Å². The van der Waals surface area contributed by atoms with Crippen LogP contribution in [0.25, 0.3) is 11.1 Å². The first-order valence-corrected chi connectivity index (χ1v) is 9.40. The van der Waals surface area contributed by atoms with Crippen molar-refractivity contribution in [2.24, 2.45) is 0 Å². The maximum absolute atomic E-state index is 13.5. The maximum atomic E-state index is 13.5. The van der Waals surface area contributed by atoms with Crippen LogP contribution in [0.1, 0.15) is 0 Å². The van der Waals surface area contributed by atoms with Crippen LogP contribution in [-0.2, 0) is 9.84 Å². The zero-order chi connectivity index (χ0) is 17.4. The van der Waals surface area contributed by atoms with Gasteiger partial charge in [-0.15, -0.1) is 0 Å². The number of aromatic nitrogens is 1. The summed E-state index contributed by atoms with van der Waals surface area (Å²) in [6.45, 7) is 3.10. The van der Waals surface area contributed by atoms with Crippen LogP contribution in [0.15, 0.2) is 56.7 Å². The average Bonchev–Trinajstić information content (AvgIpc) is 3.06. The Morgan fingerprint density at radius 1 is 1.12 bits per heavy atom. The minimum Gasteiger partial charge on any atom is -0.423 e. The molecule has 1 aliphatic rings. The Morgan fingerprint density at radius 2 is 1.88 bits per heavy atom. The molecule has 2 aromatic carbocycles. The van der Waals surface area contributed by atoms with E-state index in [1.54, 1.807) is 12.1 Å². The van der Waals surface area contributed by atoms with Gasteiger partial charge < -0.3 is 14.6 Å². The maximum Gasteiger partial charge on any atom is 0.298 e. The predicted molar refractivity (Wildman–Crippen MR) is 90.9 cm³/mol. The van der Waals surface area contributed by atoms with Gasteiger partial charge in [-0.3, -0.25) is 0 Å². The fourth-order valence-corrected chi connectivity index (χ4v) is 4.32. The lowest BCUT2D eigenvalue weighted by atomic mass is 10.3. The SMILES string of the molecule is O=S(=O)(c1cccc(F)c1)c1cccc2oc(N3CCNCC3)nc12. The highest BCUT2D eigenvalue weighted by Crippen LogP contribution is 2.31. The van der Waals surface area contributed by atoms with Gasteiger partial charge in [0.05, 0.1) is 4.90 Å². The highest BCUT2D eigenvalue weighted by molar-refractivity contribution is 7.91. The summed E-state index contributed by atoms with van der Waals surface area (Å²) in [5.74, 6) is -0.602. The molecule has 1 aliphatic heterocycles. The summed E-state index contributed by atoms with van der Waals surface area (Å²) in [7, 11) is -3.90. The van der Waals surface area contributed by atoms with E-state index in [0.717, 1.165) is 32.2 Å². The molecule has 3 aromatic rings. The molecule has 0 radical (unpaired) electrons. The zero-order valence-corrected chi connectivity index (χ0v) is 14.1. The van der Waals surface area contributed by atoms with Crippen LogP contribution in [0.3, 0.4) is 0 Å². The summed E-state index contributed by atoms with van der Waals surface area (Å²) in [5.41, 5.74) is 0.659. The number of nitrogens with one attached hydrogen (secondary N) is 1. The topological polar surface area (TPSA) is 75.4 Å². The Balaban J connectivity index is 1.83. The minimum absolute atomic E-state index is 0.0146. The van der Waals surface area contributed by atoms with Gasteiger partial charge in [0, 0.05) is 26.2 Å². The average molecular weight is 361 g/mol. The van der Waals surface area contributed by atoms with Gasteiger partial charge >= 0.3 is 0 Å². The molecule has 0 spiro atoms. The molecule has 0 atom stereocenters. The minimum atomic E-state index is -3.90. The van der Waals surface area contributed by atoms with Gasteiger partial charge in [0.25, 0.3) is 6.01 Å². The lowest BCUT2D eigenvalue weighted by molar-refractivity contribution is 0.517. The van der Waals surface area contributed by atoms with E-state index in [2.05, 4.69) is 10.3 Å². The number of hydrogen-bond donors (Lipinski definition) is 1. The Kier molecular flexibility index (Phi) is 3.93. The van der Waals surface area contributed by atoms with Gasteiger partial charge in [-0.25, -0.2) is 12.8 Å². The van der Waals surface area contributed by atoms with Crippen molar-refractivity contribution in [1.29, 1.82) is 0 Å². The van der Waals surface area contributed by atoms with Crippen molar-refractivity contribution in [3.05, 3.63) is 48.3 Å². The molecule has 0 bridgehead atoms. The number of para-hydroxylation sites is 1. The van der Waals surface area contributed by atoms with Crippen molar-refractivity contribution in [2.75, 3.05) is 31.1 Å². The van der Waals surface area contributed by atoms with Crippen molar-refractivity contribution in [2.45, 2.75) is 9.79 Å². The highest BCUT2D eigenvalue weighted by Gasteiger charge is 2.25. The number of hydrogen-bond acceptors (Lipinski definition) is 6. The Bertz CT molecular complexity index is 1030. The molecule has 2 heterocycles. The quantitative estimate of drug-likeness (QED) is 0.771. The molecule has 0 amide bonds. The number of nitrogens with zero attached hydrogens (tertiary/aromatic N) is 2. The smallest absolute Gasteiger partial charge is 0.298 e. The second kappa shape index (κ2) is 6.12. The van der Waals surface area contributed by atoms with E-state index in [9.17, 15) is 12.8 Å². The van der Waals surface area contributed by atoms with Crippen LogP contribution in [0, 0.1) is 5.82 Å². The number of benzene rings is 2. The molecule has 1 aromatic heterocycles. The van der Waals surface area contributed by atoms with Crippen LogP contribution in [0.4, 0.5) is 10.4 Å². The van der Waals surface area contributed by atoms with Crippen molar-refractivity contribution < 1.29 is 17.2 Å². The molecule has 6 nitrogen and oxygen atoms in total. The van der Waals surface area contributed by atoms with Crippen LogP contribution in [-0.4, -0.2) is 39.6 Å². The molecule has 25 heavy (non-hydrogen) atoms. The number of oxazole rings is 1. The normalized spacial score (nSPS) is 15.6. The summed E-state index contributed by atoms with van der Waals surface area (Å²) in [5, 5.41) is 3.24. The summed E-state index contributed by atoms with van der Waals surface area (Å²) in [6.07, 6.45) is 0. The molecule has 1 saturated heterocycles. The van der Waals surface area contributed by atoms with E-state index in [-0.39, 0.29) is 15.3 Å². The lowest BCUT2D eigenvalue weighted by Crippen LogP contribution is -2.43. The second-order valence-electron chi connectivity index (χ2n) is 5.80. The first kappa shape index (κ1) is 16.0. The van der Waals surface area contributed by atoms with Crippen LogP contribution < -0.4 is 10.2 Å². The third-order valence-corrected chi connectivity index (χ3v) is 5.94. The molecule has 1 fully saturated rings. The first-order chi connectivity index (χ1) is 12.1.